The van der Waals surface area contributed by atoms with E-state index in [4.69, 9.17) is 5.73 Å². The molecule has 1 fully saturated rings. The predicted molar refractivity (Wildman–Crippen MR) is 61.9 cm³/mol. The highest BCUT2D eigenvalue weighted by molar-refractivity contribution is 7.86. The summed E-state index contributed by atoms with van der Waals surface area (Å²) >= 11 is 0. The molecule has 3 unspecified atom stereocenters. The molecule has 0 aromatic rings. The van der Waals surface area contributed by atoms with Crippen LogP contribution in [0.1, 0.15) is 26.7 Å². The Kier molecular flexibility index (Phi) is 4.73. The number of rotatable bonds is 6. The molecule has 1 aliphatic carbocycles. The lowest BCUT2D eigenvalue weighted by Gasteiger charge is -2.14. The van der Waals surface area contributed by atoms with Crippen LogP contribution >= 0.6 is 0 Å². The van der Waals surface area contributed by atoms with E-state index >= 15 is 0 Å². The minimum Gasteiger partial charge on any atom is -0.352 e. The summed E-state index contributed by atoms with van der Waals surface area (Å²) in [6, 6.07) is 0.337. The SMILES string of the molecule is CC(CN)CS(=O)C(C)C(=O)NC1CC1. The van der Waals surface area contributed by atoms with Gasteiger partial charge in [0, 0.05) is 22.6 Å². The molecule has 0 aromatic carbocycles. The van der Waals surface area contributed by atoms with Crippen LogP contribution in [-0.2, 0) is 15.6 Å². The Labute approximate surface area is 93.4 Å². The fraction of sp³-hybridized carbons (Fsp3) is 0.900. The van der Waals surface area contributed by atoms with Gasteiger partial charge in [-0.25, -0.2) is 0 Å². The first-order valence-electron chi connectivity index (χ1n) is 5.42. The van der Waals surface area contributed by atoms with Gasteiger partial charge in [-0.3, -0.25) is 9.00 Å². The molecule has 15 heavy (non-hydrogen) atoms. The number of hydrogen-bond acceptors (Lipinski definition) is 3. The van der Waals surface area contributed by atoms with Crippen LogP contribution in [0.5, 0.6) is 0 Å². The van der Waals surface area contributed by atoms with Crippen molar-refractivity contribution in [2.24, 2.45) is 11.7 Å². The summed E-state index contributed by atoms with van der Waals surface area (Å²) < 4.78 is 11.8. The minimum atomic E-state index is -1.11. The van der Waals surface area contributed by atoms with Gasteiger partial charge < -0.3 is 11.1 Å². The van der Waals surface area contributed by atoms with Crippen molar-refractivity contribution in [1.82, 2.24) is 5.32 Å². The van der Waals surface area contributed by atoms with Crippen LogP contribution in [-0.4, -0.2) is 33.7 Å². The second kappa shape index (κ2) is 5.61. The first-order chi connectivity index (χ1) is 7.04. The maximum Gasteiger partial charge on any atom is 0.235 e. The zero-order chi connectivity index (χ0) is 11.4. The zero-order valence-corrected chi connectivity index (χ0v) is 10.2. The molecular formula is C10H20N2O2S. The van der Waals surface area contributed by atoms with E-state index in [0.717, 1.165) is 12.8 Å². The van der Waals surface area contributed by atoms with Crippen molar-refractivity contribution >= 4 is 16.7 Å². The van der Waals surface area contributed by atoms with Gasteiger partial charge in [0.2, 0.25) is 5.91 Å². The highest BCUT2D eigenvalue weighted by Crippen LogP contribution is 2.19. The lowest BCUT2D eigenvalue weighted by Crippen LogP contribution is -2.38. The lowest BCUT2D eigenvalue weighted by atomic mass is 10.2. The van der Waals surface area contributed by atoms with Gasteiger partial charge in [0.15, 0.2) is 0 Å². The van der Waals surface area contributed by atoms with Gasteiger partial charge in [0.25, 0.3) is 0 Å². The van der Waals surface area contributed by atoms with Crippen LogP contribution < -0.4 is 11.1 Å². The third-order valence-electron chi connectivity index (χ3n) is 2.54. The van der Waals surface area contributed by atoms with Gasteiger partial charge >= 0.3 is 0 Å². The summed E-state index contributed by atoms with van der Waals surface area (Å²) in [6.07, 6.45) is 2.12. The molecule has 1 amide bonds. The van der Waals surface area contributed by atoms with Gasteiger partial charge in [-0.05, 0) is 32.2 Å². The fourth-order valence-electron chi connectivity index (χ4n) is 1.16. The Hall–Kier alpha value is -0.420. The Morgan fingerprint density at radius 2 is 2.13 bits per heavy atom. The predicted octanol–water partition coefficient (Wildman–Crippen LogP) is -0.00300. The molecule has 3 N–H and O–H groups in total. The molecule has 1 rings (SSSR count). The van der Waals surface area contributed by atoms with Crippen molar-refractivity contribution in [2.45, 2.75) is 38.0 Å². The average Bonchev–Trinajstić information content (AvgIpc) is 2.99. The summed E-state index contributed by atoms with van der Waals surface area (Å²) in [4.78, 5) is 11.6. The van der Waals surface area contributed by atoms with E-state index in [9.17, 15) is 9.00 Å². The first kappa shape index (κ1) is 12.6. The highest BCUT2D eigenvalue weighted by atomic mass is 32.2. The third kappa shape index (κ3) is 4.30. The third-order valence-corrected chi connectivity index (χ3v) is 4.44. The van der Waals surface area contributed by atoms with Crippen molar-refractivity contribution in [2.75, 3.05) is 12.3 Å². The average molecular weight is 232 g/mol. The maximum absolute atomic E-state index is 11.8. The second-order valence-corrected chi connectivity index (χ2v) is 6.12. The Balaban J connectivity index is 2.33. The molecule has 4 nitrogen and oxygen atoms in total. The fourth-order valence-corrected chi connectivity index (χ4v) is 2.45. The molecule has 0 aliphatic heterocycles. The largest absolute Gasteiger partial charge is 0.352 e. The molecule has 3 atom stereocenters. The summed E-state index contributed by atoms with van der Waals surface area (Å²) in [6.45, 7) is 4.18. The van der Waals surface area contributed by atoms with Crippen LogP contribution in [0, 0.1) is 5.92 Å². The molecule has 5 heteroatoms. The van der Waals surface area contributed by atoms with Crippen LogP contribution in [0.3, 0.4) is 0 Å². The van der Waals surface area contributed by atoms with Crippen molar-refractivity contribution in [3.8, 4) is 0 Å². The smallest absolute Gasteiger partial charge is 0.235 e. The lowest BCUT2D eigenvalue weighted by molar-refractivity contribution is -0.120. The van der Waals surface area contributed by atoms with E-state index in [1.165, 1.54) is 0 Å². The Bertz CT molecular complexity index is 254. The molecule has 88 valence electrons. The number of hydrogen-bond donors (Lipinski definition) is 2. The van der Waals surface area contributed by atoms with E-state index in [-0.39, 0.29) is 11.8 Å². The van der Waals surface area contributed by atoms with E-state index in [1.54, 1.807) is 6.92 Å². The van der Waals surface area contributed by atoms with Gasteiger partial charge in [-0.15, -0.1) is 0 Å². The summed E-state index contributed by atoms with van der Waals surface area (Å²) in [5, 5.41) is 2.45. The van der Waals surface area contributed by atoms with E-state index < -0.39 is 16.0 Å². The molecule has 0 heterocycles. The number of carbonyl (C=O) groups is 1. The second-order valence-electron chi connectivity index (χ2n) is 4.31. The molecule has 0 spiro atoms. The number of nitrogens with two attached hydrogens (primary N) is 1. The number of nitrogens with one attached hydrogen (secondary N) is 1. The van der Waals surface area contributed by atoms with E-state index in [2.05, 4.69) is 5.32 Å². The van der Waals surface area contributed by atoms with Crippen molar-refractivity contribution < 1.29 is 9.00 Å². The van der Waals surface area contributed by atoms with Gasteiger partial charge in [0.1, 0.15) is 5.25 Å². The molecule has 0 saturated heterocycles. The normalized spacial score (nSPS) is 21.8. The van der Waals surface area contributed by atoms with Gasteiger partial charge in [-0.2, -0.15) is 0 Å². The van der Waals surface area contributed by atoms with E-state index in [1.807, 2.05) is 6.92 Å². The summed E-state index contributed by atoms with van der Waals surface area (Å²) in [5.74, 6) is 0.637. The molecule has 0 aromatic heterocycles. The minimum absolute atomic E-state index is 0.0833. The van der Waals surface area contributed by atoms with Crippen molar-refractivity contribution in [1.29, 1.82) is 0 Å². The van der Waals surface area contributed by atoms with Gasteiger partial charge in [0.05, 0.1) is 0 Å². The molecule has 0 bridgehead atoms. The Morgan fingerprint density at radius 3 is 2.60 bits per heavy atom. The highest BCUT2D eigenvalue weighted by Gasteiger charge is 2.28. The van der Waals surface area contributed by atoms with E-state index in [0.29, 0.717) is 18.3 Å². The van der Waals surface area contributed by atoms with Gasteiger partial charge in [-0.1, -0.05) is 6.92 Å². The maximum atomic E-state index is 11.8. The van der Waals surface area contributed by atoms with Crippen LogP contribution in [0.2, 0.25) is 0 Å². The standard InChI is InChI=1S/C10H20N2O2S/c1-7(5-11)6-15(14)8(2)10(13)12-9-3-4-9/h7-9H,3-6,11H2,1-2H3,(H,12,13). The van der Waals surface area contributed by atoms with Crippen LogP contribution in [0.4, 0.5) is 0 Å². The summed E-state index contributed by atoms with van der Waals surface area (Å²) in [5.41, 5.74) is 5.45. The summed E-state index contributed by atoms with van der Waals surface area (Å²) in [7, 11) is -1.11. The first-order valence-corrected chi connectivity index (χ1v) is 6.80. The molecule has 0 radical (unpaired) electrons. The molecular weight excluding hydrogens is 212 g/mol. The Morgan fingerprint density at radius 1 is 1.53 bits per heavy atom. The quantitative estimate of drug-likeness (QED) is 0.677. The number of amides is 1. The molecule has 1 aliphatic rings. The van der Waals surface area contributed by atoms with Crippen molar-refractivity contribution in [3.63, 3.8) is 0 Å². The van der Waals surface area contributed by atoms with Crippen LogP contribution in [0.25, 0.3) is 0 Å². The monoisotopic (exact) mass is 232 g/mol. The molecule has 1 saturated carbocycles. The number of carbonyl (C=O) groups excluding carboxylic acids is 1. The van der Waals surface area contributed by atoms with Crippen molar-refractivity contribution in [3.05, 3.63) is 0 Å². The van der Waals surface area contributed by atoms with Crippen LogP contribution in [0.15, 0.2) is 0 Å². The topological polar surface area (TPSA) is 72.2 Å². The zero-order valence-electron chi connectivity index (χ0n) is 9.36.